The van der Waals surface area contributed by atoms with Gasteiger partial charge in [0.15, 0.2) is 5.16 Å². The SMILES string of the molecule is CCn1c(SCc2cc(C)ccc2C)nc2cc(-c3ccccc3)sc2c1=O. The second-order valence-electron chi connectivity index (χ2n) is 6.85. The van der Waals surface area contributed by atoms with E-state index < -0.39 is 0 Å². The first kappa shape index (κ1) is 19.0. The molecule has 0 saturated carbocycles. The van der Waals surface area contributed by atoms with Gasteiger partial charge in [-0.1, -0.05) is 65.9 Å². The highest BCUT2D eigenvalue weighted by Gasteiger charge is 2.15. The molecule has 0 N–H and O–H groups in total. The molecule has 0 aliphatic carbocycles. The Balaban J connectivity index is 1.74. The summed E-state index contributed by atoms with van der Waals surface area (Å²) in [6.45, 7) is 6.86. The van der Waals surface area contributed by atoms with Gasteiger partial charge in [0, 0.05) is 17.2 Å². The number of hydrogen-bond acceptors (Lipinski definition) is 4. The highest BCUT2D eigenvalue weighted by molar-refractivity contribution is 7.98. The Morgan fingerprint density at radius 3 is 2.61 bits per heavy atom. The average molecular weight is 407 g/mol. The Morgan fingerprint density at radius 2 is 1.86 bits per heavy atom. The monoisotopic (exact) mass is 406 g/mol. The van der Waals surface area contributed by atoms with Crippen molar-refractivity contribution in [3.63, 3.8) is 0 Å². The van der Waals surface area contributed by atoms with Crippen molar-refractivity contribution in [3.8, 4) is 10.4 Å². The summed E-state index contributed by atoms with van der Waals surface area (Å²) in [6, 6.07) is 18.7. The first-order chi connectivity index (χ1) is 13.6. The van der Waals surface area contributed by atoms with Crippen LogP contribution in [-0.4, -0.2) is 9.55 Å². The van der Waals surface area contributed by atoms with Crippen LogP contribution in [0.1, 0.15) is 23.6 Å². The van der Waals surface area contributed by atoms with E-state index in [1.807, 2.05) is 31.2 Å². The summed E-state index contributed by atoms with van der Waals surface area (Å²) in [6.07, 6.45) is 0. The van der Waals surface area contributed by atoms with Gasteiger partial charge in [-0.25, -0.2) is 4.98 Å². The van der Waals surface area contributed by atoms with Crippen molar-refractivity contribution in [1.82, 2.24) is 9.55 Å². The Bertz CT molecular complexity index is 1190. The molecule has 5 heteroatoms. The molecule has 2 heterocycles. The predicted molar refractivity (Wildman–Crippen MR) is 120 cm³/mol. The molecule has 4 aromatic rings. The summed E-state index contributed by atoms with van der Waals surface area (Å²) >= 11 is 3.17. The number of hydrogen-bond donors (Lipinski definition) is 0. The fourth-order valence-electron chi connectivity index (χ4n) is 3.22. The molecule has 3 nitrogen and oxygen atoms in total. The molecule has 4 rings (SSSR count). The molecule has 0 spiro atoms. The minimum atomic E-state index is 0.0585. The van der Waals surface area contributed by atoms with Gasteiger partial charge in [0.05, 0.1) is 5.52 Å². The lowest BCUT2D eigenvalue weighted by atomic mass is 10.1. The lowest BCUT2D eigenvalue weighted by Gasteiger charge is -2.11. The van der Waals surface area contributed by atoms with E-state index in [1.165, 1.54) is 28.0 Å². The van der Waals surface area contributed by atoms with Gasteiger partial charge in [0.25, 0.3) is 5.56 Å². The maximum atomic E-state index is 13.1. The topological polar surface area (TPSA) is 34.9 Å². The number of benzene rings is 2. The highest BCUT2D eigenvalue weighted by Crippen LogP contribution is 2.32. The Labute approximate surface area is 173 Å². The van der Waals surface area contributed by atoms with Crippen molar-refractivity contribution in [2.45, 2.75) is 38.2 Å². The second-order valence-corrected chi connectivity index (χ2v) is 8.85. The van der Waals surface area contributed by atoms with E-state index in [0.29, 0.717) is 6.54 Å². The summed E-state index contributed by atoms with van der Waals surface area (Å²) < 4.78 is 2.53. The van der Waals surface area contributed by atoms with Crippen LogP contribution in [0.3, 0.4) is 0 Å². The summed E-state index contributed by atoms with van der Waals surface area (Å²) in [7, 11) is 0. The number of thioether (sulfide) groups is 1. The zero-order valence-corrected chi connectivity index (χ0v) is 17.9. The van der Waals surface area contributed by atoms with Crippen molar-refractivity contribution in [2.75, 3.05) is 0 Å². The molecule has 142 valence electrons. The molecule has 0 atom stereocenters. The van der Waals surface area contributed by atoms with Crippen LogP contribution in [0.25, 0.3) is 20.7 Å². The van der Waals surface area contributed by atoms with Crippen LogP contribution in [0.15, 0.2) is 64.5 Å². The normalized spacial score (nSPS) is 11.2. The zero-order valence-electron chi connectivity index (χ0n) is 16.2. The maximum Gasteiger partial charge on any atom is 0.272 e. The van der Waals surface area contributed by atoms with E-state index in [9.17, 15) is 4.79 Å². The fraction of sp³-hybridized carbons (Fsp3) is 0.217. The molecule has 0 fully saturated rings. The van der Waals surface area contributed by atoms with Crippen molar-refractivity contribution >= 4 is 33.3 Å². The van der Waals surface area contributed by atoms with Gasteiger partial charge >= 0.3 is 0 Å². The van der Waals surface area contributed by atoms with E-state index >= 15 is 0 Å². The van der Waals surface area contributed by atoms with E-state index in [1.54, 1.807) is 16.3 Å². The van der Waals surface area contributed by atoms with Crippen molar-refractivity contribution in [1.29, 1.82) is 0 Å². The number of nitrogens with zero attached hydrogens (tertiary/aromatic N) is 2. The first-order valence-corrected chi connectivity index (χ1v) is 11.2. The standard InChI is InChI=1S/C23H22N2OS2/c1-4-25-22(26)21-19(13-20(28-21)17-8-6-5-7-9-17)24-23(25)27-14-18-12-15(2)10-11-16(18)3/h5-13H,4,14H2,1-3H3. The Hall–Kier alpha value is -2.37. The number of aromatic nitrogens is 2. The molecule has 0 amide bonds. The minimum Gasteiger partial charge on any atom is -0.287 e. The maximum absolute atomic E-state index is 13.1. The lowest BCUT2D eigenvalue weighted by molar-refractivity contribution is 0.635. The van der Waals surface area contributed by atoms with Crippen LogP contribution < -0.4 is 5.56 Å². The van der Waals surface area contributed by atoms with Crippen LogP contribution in [-0.2, 0) is 12.3 Å². The van der Waals surface area contributed by atoms with Crippen molar-refractivity contribution in [3.05, 3.63) is 81.6 Å². The van der Waals surface area contributed by atoms with Crippen LogP contribution in [0.5, 0.6) is 0 Å². The molecule has 2 aromatic heterocycles. The lowest BCUT2D eigenvalue weighted by Crippen LogP contribution is -2.21. The minimum absolute atomic E-state index is 0.0585. The third-order valence-electron chi connectivity index (χ3n) is 4.83. The van der Waals surface area contributed by atoms with Gasteiger partial charge in [-0.15, -0.1) is 11.3 Å². The smallest absolute Gasteiger partial charge is 0.272 e. The Morgan fingerprint density at radius 1 is 1.07 bits per heavy atom. The molecular weight excluding hydrogens is 384 g/mol. The molecule has 0 saturated heterocycles. The van der Waals surface area contributed by atoms with Gasteiger partial charge in [-0.05, 0) is 43.5 Å². The molecular formula is C23H22N2OS2. The average Bonchev–Trinajstić information content (AvgIpc) is 3.14. The van der Waals surface area contributed by atoms with Crippen molar-refractivity contribution < 1.29 is 0 Å². The van der Waals surface area contributed by atoms with Crippen molar-refractivity contribution in [2.24, 2.45) is 0 Å². The molecule has 28 heavy (non-hydrogen) atoms. The molecule has 0 aliphatic heterocycles. The predicted octanol–water partition coefficient (Wildman–Crippen LogP) is 6.05. The summed E-state index contributed by atoms with van der Waals surface area (Å²) in [5.74, 6) is 0.807. The largest absolute Gasteiger partial charge is 0.287 e. The third-order valence-corrected chi connectivity index (χ3v) is 7.02. The van der Waals surface area contributed by atoms with Crippen LogP contribution >= 0.6 is 23.1 Å². The van der Waals surface area contributed by atoms with Crippen LogP contribution in [0.4, 0.5) is 0 Å². The fourth-order valence-corrected chi connectivity index (χ4v) is 5.40. The van der Waals surface area contributed by atoms with Crippen LogP contribution in [0, 0.1) is 13.8 Å². The zero-order chi connectivity index (χ0) is 19.7. The quantitative estimate of drug-likeness (QED) is 0.299. The summed E-state index contributed by atoms with van der Waals surface area (Å²) in [4.78, 5) is 19.0. The summed E-state index contributed by atoms with van der Waals surface area (Å²) in [5.41, 5.74) is 5.79. The number of thiophene rings is 1. The summed E-state index contributed by atoms with van der Waals surface area (Å²) in [5, 5.41) is 0.790. The third kappa shape index (κ3) is 3.64. The molecule has 0 radical (unpaired) electrons. The van der Waals surface area contributed by atoms with Gasteiger partial charge in [0.1, 0.15) is 4.70 Å². The molecule has 2 aromatic carbocycles. The van der Waals surface area contributed by atoms with E-state index in [-0.39, 0.29) is 5.56 Å². The van der Waals surface area contributed by atoms with E-state index in [4.69, 9.17) is 4.98 Å². The highest BCUT2D eigenvalue weighted by atomic mass is 32.2. The first-order valence-electron chi connectivity index (χ1n) is 9.35. The van der Waals surface area contributed by atoms with E-state index in [2.05, 4.69) is 44.2 Å². The van der Waals surface area contributed by atoms with E-state index in [0.717, 1.165) is 31.6 Å². The van der Waals surface area contributed by atoms with Gasteiger partial charge in [0.2, 0.25) is 0 Å². The van der Waals surface area contributed by atoms with Crippen LogP contribution in [0.2, 0.25) is 0 Å². The molecule has 0 bridgehead atoms. The molecule has 0 unspecified atom stereocenters. The molecule has 0 aliphatic rings. The van der Waals surface area contributed by atoms with Gasteiger partial charge < -0.3 is 0 Å². The number of aryl methyl sites for hydroxylation is 2. The Kier molecular flexibility index (Phi) is 5.38. The second kappa shape index (κ2) is 7.94. The van der Waals surface area contributed by atoms with Gasteiger partial charge in [-0.3, -0.25) is 9.36 Å². The number of fused-ring (bicyclic) bond motifs is 1. The van der Waals surface area contributed by atoms with Gasteiger partial charge in [-0.2, -0.15) is 0 Å². The number of rotatable bonds is 5.